The van der Waals surface area contributed by atoms with Gasteiger partial charge in [-0.25, -0.2) is 0 Å². The summed E-state index contributed by atoms with van der Waals surface area (Å²) in [4.78, 5) is 4.12. The Bertz CT molecular complexity index is 534. The molecule has 2 aromatic rings. The van der Waals surface area contributed by atoms with Crippen molar-refractivity contribution in [2.24, 2.45) is 0 Å². The van der Waals surface area contributed by atoms with Gasteiger partial charge in [0.25, 0.3) is 0 Å². The molecule has 0 aliphatic heterocycles. The molecule has 1 unspecified atom stereocenters. The van der Waals surface area contributed by atoms with Crippen LogP contribution in [-0.4, -0.2) is 10.1 Å². The zero-order chi connectivity index (χ0) is 12.4. The van der Waals surface area contributed by atoms with Gasteiger partial charge < -0.3 is 5.11 Å². The normalized spacial score (nSPS) is 12.5. The average Bonchev–Trinajstić information content (AvgIpc) is 2.31. The molecule has 1 N–H and O–H groups in total. The van der Waals surface area contributed by atoms with Crippen molar-refractivity contribution in [3.8, 4) is 0 Å². The molecule has 0 saturated carbocycles. The Hall–Kier alpha value is -1.67. The SMILES string of the molecule is Cc1cncc(C(O)c2cc(C)ccc2C)c1. The number of aliphatic hydroxyl groups excluding tert-OH is 1. The fraction of sp³-hybridized carbons (Fsp3) is 0.267. The van der Waals surface area contributed by atoms with E-state index in [0.29, 0.717) is 0 Å². The first kappa shape index (κ1) is 11.8. The molecule has 2 nitrogen and oxygen atoms in total. The standard InChI is InChI=1S/C15H17NO/c1-10-4-5-12(3)14(7-10)15(17)13-6-11(2)8-16-9-13/h4-9,15,17H,1-3H3. The highest BCUT2D eigenvalue weighted by molar-refractivity contribution is 5.37. The van der Waals surface area contributed by atoms with Crippen LogP contribution in [0.1, 0.15) is 33.9 Å². The van der Waals surface area contributed by atoms with Gasteiger partial charge in [0.2, 0.25) is 0 Å². The lowest BCUT2D eigenvalue weighted by Gasteiger charge is -2.15. The molecule has 17 heavy (non-hydrogen) atoms. The zero-order valence-corrected chi connectivity index (χ0v) is 10.4. The van der Waals surface area contributed by atoms with E-state index in [4.69, 9.17) is 0 Å². The number of aliphatic hydroxyl groups is 1. The summed E-state index contributed by atoms with van der Waals surface area (Å²) in [6.07, 6.45) is 2.92. The van der Waals surface area contributed by atoms with Gasteiger partial charge in [-0.05, 0) is 37.5 Å². The first-order chi connectivity index (χ1) is 8.08. The smallest absolute Gasteiger partial charge is 0.106 e. The quantitative estimate of drug-likeness (QED) is 0.855. The maximum atomic E-state index is 10.4. The second kappa shape index (κ2) is 4.68. The molecule has 2 heteroatoms. The summed E-state index contributed by atoms with van der Waals surface area (Å²) < 4.78 is 0. The molecule has 0 amide bonds. The molecular formula is C15H17NO. The number of rotatable bonds is 2. The molecule has 0 radical (unpaired) electrons. The molecule has 1 aromatic carbocycles. The molecule has 0 aliphatic carbocycles. The lowest BCUT2D eigenvalue weighted by Crippen LogP contribution is -2.03. The van der Waals surface area contributed by atoms with Crippen LogP contribution >= 0.6 is 0 Å². The van der Waals surface area contributed by atoms with E-state index in [1.807, 2.05) is 39.0 Å². The van der Waals surface area contributed by atoms with E-state index in [1.165, 1.54) is 0 Å². The van der Waals surface area contributed by atoms with E-state index >= 15 is 0 Å². The van der Waals surface area contributed by atoms with E-state index in [9.17, 15) is 5.11 Å². The highest BCUT2D eigenvalue weighted by atomic mass is 16.3. The first-order valence-electron chi connectivity index (χ1n) is 5.74. The van der Waals surface area contributed by atoms with Crippen molar-refractivity contribution in [2.45, 2.75) is 26.9 Å². The van der Waals surface area contributed by atoms with Crippen molar-refractivity contribution in [3.05, 3.63) is 64.5 Å². The molecule has 1 atom stereocenters. The number of hydrogen-bond acceptors (Lipinski definition) is 2. The van der Waals surface area contributed by atoms with Crippen LogP contribution in [0, 0.1) is 20.8 Å². The van der Waals surface area contributed by atoms with Crippen LogP contribution in [0.15, 0.2) is 36.7 Å². The summed E-state index contributed by atoms with van der Waals surface area (Å²) >= 11 is 0. The Labute approximate surface area is 102 Å². The molecular weight excluding hydrogens is 210 g/mol. The third-order valence-electron chi connectivity index (χ3n) is 2.94. The van der Waals surface area contributed by atoms with Crippen molar-refractivity contribution in [3.63, 3.8) is 0 Å². The largest absolute Gasteiger partial charge is 0.384 e. The molecule has 88 valence electrons. The topological polar surface area (TPSA) is 33.1 Å². The van der Waals surface area contributed by atoms with Gasteiger partial charge in [0, 0.05) is 18.0 Å². The monoisotopic (exact) mass is 227 g/mol. The number of hydrogen-bond donors (Lipinski definition) is 1. The lowest BCUT2D eigenvalue weighted by atomic mass is 9.96. The second-order valence-electron chi connectivity index (χ2n) is 4.56. The fourth-order valence-corrected chi connectivity index (χ4v) is 1.96. The maximum Gasteiger partial charge on any atom is 0.106 e. The van der Waals surface area contributed by atoms with Crippen molar-refractivity contribution < 1.29 is 5.11 Å². The molecule has 1 aromatic heterocycles. The third-order valence-corrected chi connectivity index (χ3v) is 2.94. The molecule has 0 aliphatic rings. The van der Waals surface area contributed by atoms with Gasteiger partial charge in [-0.15, -0.1) is 0 Å². The summed E-state index contributed by atoms with van der Waals surface area (Å²) in [5.41, 5.74) is 5.12. The van der Waals surface area contributed by atoms with Crippen molar-refractivity contribution >= 4 is 0 Å². The van der Waals surface area contributed by atoms with E-state index in [2.05, 4.69) is 11.1 Å². The molecule has 2 rings (SSSR count). The number of nitrogens with zero attached hydrogens (tertiary/aromatic N) is 1. The molecule has 0 bridgehead atoms. The average molecular weight is 227 g/mol. The predicted molar refractivity (Wildman–Crippen MR) is 69.0 cm³/mol. The van der Waals surface area contributed by atoms with Gasteiger partial charge in [0.15, 0.2) is 0 Å². The zero-order valence-electron chi connectivity index (χ0n) is 10.4. The highest BCUT2D eigenvalue weighted by Crippen LogP contribution is 2.25. The Morgan fingerprint density at radius 2 is 1.76 bits per heavy atom. The van der Waals surface area contributed by atoms with E-state index in [0.717, 1.165) is 27.8 Å². The summed E-state index contributed by atoms with van der Waals surface area (Å²) in [5, 5.41) is 10.4. The third kappa shape index (κ3) is 2.53. The molecule has 0 saturated heterocycles. The summed E-state index contributed by atoms with van der Waals surface area (Å²) in [6.45, 7) is 6.03. The minimum absolute atomic E-state index is 0.595. The minimum Gasteiger partial charge on any atom is -0.384 e. The summed E-state index contributed by atoms with van der Waals surface area (Å²) in [5.74, 6) is 0. The van der Waals surface area contributed by atoms with E-state index in [-0.39, 0.29) is 0 Å². The van der Waals surface area contributed by atoms with Gasteiger partial charge in [-0.1, -0.05) is 29.8 Å². The first-order valence-corrected chi connectivity index (χ1v) is 5.74. The highest BCUT2D eigenvalue weighted by Gasteiger charge is 2.13. The number of pyridine rings is 1. The summed E-state index contributed by atoms with van der Waals surface area (Å²) in [7, 11) is 0. The Kier molecular flexibility index (Phi) is 3.25. The van der Waals surface area contributed by atoms with Crippen LogP contribution in [0.4, 0.5) is 0 Å². The summed E-state index contributed by atoms with van der Waals surface area (Å²) in [6, 6.07) is 8.10. The van der Waals surface area contributed by atoms with Crippen molar-refractivity contribution in [2.75, 3.05) is 0 Å². The predicted octanol–water partition coefficient (Wildman–Crippen LogP) is 3.09. The number of aromatic nitrogens is 1. The van der Waals surface area contributed by atoms with E-state index in [1.54, 1.807) is 12.4 Å². The number of benzene rings is 1. The maximum absolute atomic E-state index is 10.4. The Morgan fingerprint density at radius 3 is 2.47 bits per heavy atom. The van der Waals surface area contributed by atoms with Crippen LogP contribution in [0.2, 0.25) is 0 Å². The molecule has 0 fully saturated rings. The minimum atomic E-state index is -0.595. The number of aryl methyl sites for hydroxylation is 3. The van der Waals surface area contributed by atoms with Crippen molar-refractivity contribution in [1.82, 2.24) is 4.98 Å². The van der Waals surface area contributed by atoms with Crippen LogP contribution in [-0.2, 0) is 0 Å². The van der Waals surface area contributed by atoms with Crippen LogP contribution in [0.5, 0.6) is 0 Å². The van der Waals surface area contributed by atoms with Gasteiger partial charge in [-0.3, -0.25) is 4.98 Å². The Morgan fingerprint density at radius 1 is 1.00 bits per heavy atom. The lowest BCUT2D eigenvalue weighted by molar-refractivity contribution is 0.219. The van der Waals surface area contributed by atoms with Crippen LogP contribution in [0.3, 0.4) is 0 Å². The van der Waals surface area contributed by atoms with Gasteiger partial charge in [-0.2, -0.15) is 0 Å². The van der Waals surface area contributed by atoms with Crippen molar-refractivity contribution in [1.29, 1.82) is 0 Å². The second-order valence-corrected chi connectivity index (χ2v) is 4.56. The van der Waals surface area contributed by atoms with Gasteiger partial charge in [0.1, 0.15) is 6.10 Å². The van der Waals surface area contributed by atoms with E-state index < -0.39 is 6.10 Å². The van der Waals surface area contributed by atoms with Gasteiger partial charge >= 0.3 is 0 Å². The fourth-order valence-electron chi connectivity index (χ4n) is 1.96. The molecule has 1 heterocycles. The van der Waals surface area contributed by atoms with Crippen LogP contribution in [0.25, 0.3) is 0 Å². The van der Waals surface area contributed by atoms with Gasteiger partial charge in [0.05, 0.1) is 0 Å². The molecule has 0 spiro atoms. The Balaban J connectivity index is 2.43. The van der Waals surface area contributed by atoms with Crippen LogP contribution < -0.4 is 0 Å².